The minimum Gasteiger partial charge on any atom is -0.390 e. The van der Waals surface area contributed by atoms with Gasteiger partial charge in [-0.2, -0.15) is 0 Å². The van der Waals surface area contributed by atoms with Gasteiger partial charge in [0, 0.05) is 6.61 Å². The van der Waals surface area contributed by atoms with Gasteiger partial charge >= 0.3 is 0 Å². The lowest BCUT2D eigenvalue weighted by Gasteiger charge is -2.34. The second kappa shape index (κ2) is 4.79. The Kier molecular flexibility index (Phi) is 3.17. The molecule has 1 saturated heterocycles. The van der Waals surface area contributed by atoms with E-state index in [9.17, 15) is 5.11 Å². The fourth-order valence-electron chi connectivity index (χ4n) is 3.09. The van der Waals surface area contributed by atoms with Gasteiger partial charge in [0.05, 0.1) is 12.2 Å². The van der Waals surface area contributed by atoms with E-state index in [-0.39, 0.29) is 12.2 Å². The molecule has 2 heteroatoms. The van der Waals surface area contributed by atoms with Crippen LogP contribution < -0.4 is 0 Å². The third-order valence-corrected chi connectivity index (χ3v) is 4.13. The number of ether oxygens (including phenoxy) is 1. The van der Waals surface area contributed by atoms with Gasteiger partial charge in [-0.1, -0.05) is 24.3 Å². The third-order valence-electron chi connectivity index (χ3n) is 4.13. The molecule has 0 bridgehead atoms. The van der Waals surface area contributed by atoms with Crippen LogP contribution in [0.3, 0.4) is 0 Å². The van der Waals surface area contributed by atoms with Crippen molar-refractivity contribution < 1.29 is 9.84 Å². The number of aliphatic hydroxyl groups excluding tert-OH is 1. The first-order chi connectivity index (χ1) is 8.34. The molecule has 1 aromatic rings. The molecule has 1 aromatic carbocycles. The van der Waals surface area contributed by atoms with Crippen LogP contribution in [0.5, 0.6) is 0 Å². The lowest BCUT2D eigenvalue weighted by atomic mass is 9.74. The molecular weight excluding hydrogens is 212 g/mol. The first kappa shape index (κ1) is 11.2. The molecule has 1 aliphatic carbocycles. The normalized spacial score (nSPS) is 29.2. The van der Waals surface area contributed by atoms with Crippen molar-refractivity contribution in [1.29, 1.82) is 0 Å². The van der Waals surface area contributed by atoms with E-state index in [1.54, 1.807) is 0 Å². The highest BCUT2D eigenvalue weighted by Gasteiger charge is 2.31. The van der Waals surface area contributed by atoms with Crippen molar-refractivity contribution in [2.75, 3.05) is 6.61 Å². The van der Waals surface area contributed by atoms with Gasteiger partial charge in [-0.15, -0.1) is 0 Å². The Balaban J connectivity index is 1.58. The predicted molar refractivity (Wildman–Crippen MR) is 67.1 cm³/mol. The Morgan fingerprint density at radius 2 is 2.18 bits per heavy atom. The van der Waals surface area contributed by atoms with Gasteiger partial charge in [0.15, 0.2) is 0 Å². The molecule has 2 aliphatic rings. The molecule has 3 rings (SSSR count). The summed E-state index contributed by atoms with van der Waals surface area (Å²) in [6, 6.07) is 8.57. The standard InChI is InChI=1S/C15H20O2/c16-14(15-7-3-4-8-17-15)10-12-9-11-5-1-2-6-13(11)12/h1-2,5-6,12,14-16H,3-4,7-10H2. The van der Waals surface area contributed by atoms with E-state index < -0.39 is 0 Å². The second-order valence-electron chi connectivity index (χ2n) is 5.31. The van der Waals surface area contributed by atoms with Gasteiger partial charge in [-0.05, 0) is 49.1 Å². The molecular formula is C15H20O2. The summed E-state index contributed by atoms with van der Waals surface area (Å²) in [4.78, 5) is 0. The van der Waals surface area contributed by atoms with Gasteiger partial charge in [0.25, 0.3) is 0 Å². The Morgan fingerprint density at radius 1 is 1.29 bits per heavy atom. The number of hydrogen-bond acceptors (Lipinski definition) is 2. The summed E-state index contributed by atoms with van der Waals surface area (Å²) in [6.45, 7) is 0.822. The number of aliphatic hydroxyl groups is 1. The quantitative estimate of drug-likeness (QED) is 0.868. The number of benzene rings is 1. The van der Waals surface area contributed by atoms with Crippen molar-refractivity contribution in [3.05, 3.63) is 35.4 Å². The summed E-state index contributed by atoms with van der Waals surface area (Å²) in [5.74, 6) is 0.548. The zero-order chi connectivity index (χ0) is 11.7. The lowest BCUT2D eigenvalue weighted by molar-refractivity contribution is -0.0669. The monoisotopic (exact) mass is 232 g/mol. The van der Waals surface area contributed by atoms with Crippen molar-refractivity contribution >= 4 is 0 Å². The maximum Gasteiger partial charge on any atom is 0.0834 e. The molecule has 17 heavy (non-hydrogen) atoms. The highest BCUT2D eigenvalue weighted by atomic mass is 16.5. The van der Waals surface area contributed by atoms with Crippen molar-refractivity contribution in [3.63, 3.8) is 0 Å². The molecule has 1 fully saturated rings. The van der Waals surface area contributed by atoms with Crippen LogP contribution in [0.15, 0.2) is 24.3 Å². The van der Waals surface area contributed by atoms with Crippen LogP contribution in [0.25, 0.3) is 0 Å². The Bertz CT molecular complexity index is 382. The van der Waals surface area contributed by atoms with Crippen LogP contribution in [0.1, 0.15) is 42.7 Å². The fraction of sp³-hybridized carbons (Fsp3) is 0.600. The maximum atomic E-state index is 10.2. The molecule has 1 N–H and O–H groups in total. The van der Waals surface area contributed by atoms with Crippen LogP contribution in [-0.2, 0) is 11.2 Å². The Hall–Kier alpha value is -0.860. The van der Waals surface area contributed by atoms with E-state index in [4.69, 9.17) is 4.74 Å². The molecule has 0 aromatic heterocycles. The summed E-state index contributed by atoms with van der Waals surface area (Å²) < 4.78 is 5.65. The lowest BCUT2D eigenvalue weighted by Crippen LogP contribution is -2.35. The largest absolute Gasteiger partial charge is 0.390 e. The zero-order valence-electron chi connectivity index (χ0n) is 10.1. The maximum absolute atomic E-state index is 10.2. The molecule has 1 aliphatic heterocycles. The molecule has 0 radical (unpaired) electrons. The molecule has 1 heterocycles. The van der Waals surface area contributed by atoms with Crippen molar-refractivity contribution in [3.8, 4) is 0 Å². The second-order valence-corrected chi connectivity index (χ2v) is 5.31. The van der Waals surface area contributed by atoms with Crippen LogP contribution >= 0.6 is 0 Å². The fourth-order valence-corrected chi connectivity index (χ4v) is 3.09. The van der Waals surface area contributed by atoms with E-state index in [1.165, 1.54) is 17.5 Å². The molecule has 2 nitrogen and oxygen atoms in total. The summed E-state index contributed by atoms with van der Waals surface area (Å²) in [5, 5.41) is 10.2. The van der Waals surface area contributed by atoms with Crippen molar-refractivity contribution in [2.45, 2.75) is 50.2 Å². The highest BCUT2D eigenvalue weighted by molar-refractivity contribution is 5.39. The summed E-state index contributed by atoms with van der Waals surface area (Å²) >= 11 is 0. The smallest absolute Gasteiger partial charge is 0.0834 e. The van der Waals surface area contributed by atoms with E-state index in [1.807, 2.05) is 0 Å². The SMILES string of the molecule is OC(CC1Cc2ccccc21)C1CCCCO1. The zero-order valence-corrected chi connectivity index (χ0v) is 10.1. The summed E-state index contributed by atoms with van der Waals surface area (Å²) in [5.41, 5.74) is 2.89. The Morgan fingerprint density at radius 3 is 2.94 bits per heavy atom. The molecule has 0 amide bonds. The third kappa shape index (κ3) is 2.24. The topological polar surface area (TPSA) is 29.5 Å². The predicted octanol–water partition coefficient (Wildman–Crippen LogP) is 2.65. The van der Waals surface area contributed by atoms with Gasteiger partial charge in [0.2, 0.25) is 0 Å². The highest BCUT2D eigenvalue weighted by Crippen LogP contribution is 2.39. The van der Waals surface area contributed by atoms with Gasteiger partial charge < -0.3 is 9.84 Å². The van der Waals surface area contributed by atoms with E-state index in [2.05, 4.69) is 24.3 Å². The van der Waals surface area contributed by atoms with E-state index in [0.29, 0.717) is 5.92 Å². The number of hydrogen-bond donors (Lipinski definition) is 1. The summed E-state index contributed by atoms with van der Waals surface area (Å²) in [7, 11) is 0. The number of rotatable bonds is 3. The first-order valence-corrected chi connectivity index (χ1v) is 6.72. The average Bonchev–Trinajstić information content (AvgIpc) is 2.37. The minimum atomic E-state index is -0.284. The van der Waals surface area contributed by atoms with E-state index >= 15 is 0 Å². The van der Waals surface area contributed by atoms with Gasteiger partial charge in [-0.25, -0.2) is 0 Å². The molecule has 3 unspecified atom stereocenters. The molecule has 0 saturated carbocycles. The minimum absolute atomic E-state index is 0.0801. The van der Waals surface area contributed by atoms with E-state index in [0.717, 1.165) is 32.3 Å². The van der Waals surface area contributed by atoms with Crippen molar-refractivity contribution in [1.82, 2.24) is 0 Å². The van der Waals surface area contributed by atoms with Gasteiger partial charge in [-0.3, -0.25) is 0 Å². The average molecular weight is 232 g/mol. The Labute approximate surface area is 103 Å². The first-order valence-electron chi connectivity index (χ1n) is 6.72. The van der Waals surface area contributed by atoms with Gasteiger partial charge in [0.1, 0.15) is 0 Å². The molecule has 3 atom stereocenters. The van der Waals surface area contributed by atoms with Crippen LogP contribution in [0.4, 0.5) is 0 Å². The molecule has 92 valence electrons. The summed E-state index contributed by atoms with van der Waals surface area (Å²) in [6.07, 6.45) is 5.15. The van der Waals surface area contributed by atoms with Crippen LogP contribution in [0, 0.1) is 0 Å². The van der Waals surface area contributed by atoms with Crippen LogP contribution in [0.2, 0.25) is 0 Å². The van der Waals surface area contributed by atoms with Crippen molar-refractivity contribution in [2.24, 2.45) is 0 Å². The molecule has 0 spiro atoms. The number of fused-ring (bicyclic) bond motifs is 1. The van der Waals surface area contributed by atoms with Crippen LogP contribution in [-0.4, -0.2) is 23.9 Å².